The fraction of sp³-hybridized carbons (Fsp3) is 0.0943. The molecule has 0 saturated carbocycles. The SMILES string of the molecule is CC(C)(C)c1ccc(Nc2cc(-c3ccccc3)cc(C(c3ccccc3)(c3ccccc3)c3cc(Oc4cc(Cl)cc(Br)c4Cl)cc(-c4ccccc4)c3)c2)cc1. The maximum absolute atomic E-state index is 6.84. The lowest BCUT2D eigenvalue weighted by atomic mass is 9.64. The first kappa shape index (κ1) is 39.3. The van der Waals surface area contributed by atoms with Gasteiger partial charge in [0, 0.05) is 26.9 Å². The third-order valence-corrected chi connectivity index (χ3v) is 12.0. The van der Waals surface area contributed by atoms with Crippen molar-refractivity contribution in [1.82, 2.24) is 0 Å². The van der Waals surface area contributed by atoms with E-state index in [9.17, 15) is 0 Å². The molecular formula is C53H42BrCl2NO. The molecule has 0 spiro atoms. The van der Waals surface area contributed by atoms with Crippen molar-refractivity contribution in [3.8, 4) is 33.8 Å². The summed E-state index contributed by atoms with van der Waals surface area (Å²) in [5.74, 6) is 1.08. The molecule has 0 heterocycles. The zero-order chi connectivity index (χ0) is 40.3. The third-order valence-electron chi connectivity index (χ3n) is 10.6. The molecule has 0 amide bonds. The smallest absolute Gasteiger partial charge is 0.148 e. The Morgan fingerprint density at radius 2 is 0.948 bits per heavy atom. The predicted octanol–water partition coefficient (Wildman–Crippen LogP) is 16.3. The molecule has 0 saturated heterocycles. The molecule has 2 nitrogen and oxygen atoms in total. The van der Waals surface area contributed by atoms with Gasteiger partial charge in [0.05, 0.1) is 10.4 Å². The zero-order valence-electron chi connectivity index (χ0n) is 32.5. The van der Waals surface area contributed by atoms with Crippen molar-refractivity contribution in [2.45, 2.75) is 31.6 Å². The Morgan fingerprint density at radius 1 is 0.448 bits per heavy atom. The summed E-state index contributed by atoms with van der Waals surface area (Å²) in [5.41, 5.74) is 11.1. The van der Waals surface area contributed by atoms with Crippen LogP contribution in [-0.4, -0.2) is 0 Å². The standard InChI is InChI=1S/C53H42BrCl2NO/c1-52(2,3)40-24-26-46(27-25-40)57-47-30-38(36-16-8-4-9-17-36)28-43(32-47)53(41-20-12-6-13-21-41,42-22-14-7-15-23-42)44-29-39(37-18-10-5-11-19-37)31-48(33-44)58-50-35-45(55)34-49(54)51(50)56/h4-35,57H,1-3H3. The molecule has 0 aliphatic carbocycles. The van der Waals surface area contributed by atoms with Gasteiger partial charge in [-0.15, -0.1) is 0 Å². The maximum atomic E-state index is 6.84. The molecule has 8 aromatic carbocycles. The topological polar surface area (TPSA) is 21.3 Å². The summed E-state index contributed by atoms with van der Waals surface area (Å²) in [4.78, 5) is 0. The fourth-order valence-corrected chi connectivity index (χ4v) is 8.65. The molecule has 5 heteroatoms. The van der Waals surface area contributed by atoms with Crippen molar-refractivity contribution in [3.05, 3.63) is 236 Å². The van der Waals surface area contributed by atoms with Gasteiger partial charge in [-0.3, -0.25) is 0 Å². The minimum atomic E-state index is -0.832. The Balaban J connectivity index is 1.43. The van der Waals surface area contributed by atoms with E-state index in [-0.39, 0.29) is 5.41 Å². The highest BCUT2D eigenvalue weighted by Crippen LogP contribution is 2.50. The van der Waals surface area contributed by atoms with Crippen molar-refractivity contribution < 1.29 is 4.74 Å². The van der Waals surface area contributed by atoms with Gasteiger partial charge >= 0.3 is 0 Å². The monoisotopic (exact) mass is 857 g/mol. The number of ether oxygens (including phenoxy) is 1. The number of hydrogen-bond acceptors (Lipinski definition) is 2. The van der Waals surface area contributed by atoms with Crippen molar-refractivity contribution >= 4 is 50.5 Å². The molecule has 8 rings (SSSR count). The van der Waals surface area contributed by atoms with Gasteiger partial charge in [0.2, 0.25) is 0 Å². The average molecular weight is 860 g/mol. The zero-order valence-corrected chi connectivity index (χ0v) is 35.6. The Kier molecular flexibility index (Phi) is 11.3. The second-order valence-corrected chi connectivity index (χ2v) is 17.2. The van der Waals surface area contributed by atoms with Crippen LogP contribution in [0, 0.1) is 0 Å². The van der Waals surface area contributed by atoms with E-state index in [1.54, 1.807) is 12.1 Å². The normalized spacial score (nSPS) is 11.6. The number of hydrogen-bond donors (Lipinski definition) is 1. The molecule has 8 aromatic rings. The minimum Gasteiger partial charge on any atom is -0.456 e. The van der Waals surface area contributed by atoms with Crippen LogP contribution in [-0.2, 0) is 10.8 Å². The Bertz CT molecular complexity index is 2620. The summed E-state index contributed by atoms with van der Waals surface area (Å²) in [6.07, 6.45) is 0. The first-order valence-corrected chi connectivity index (χ1v) is 20.9. The highest BCUT2D eigenvalue weighted by atomic mass is 79.9. The molecule has 0 bridgehead atoms. The van der Waals surface area contributed by atoms with Crippen LogP contribution in [0.4, 0.5) is 11.4 Å². The van der Waals surface area contributed by atoms with E-state index in [1.807, 2.05) is 6.07 Å². The molecule has 0 aliphatic rings. The molecule has 0 atom stereocenters. The molecule has 0 aromatic heterocycles. The number of benzene rings is 8. The summed E-state index contributed by atoms with van der Waals surface area (Å²) in [6, 6.07) is 68.2. The molecule has 0 fully saturated rings. The highest BCUT2D eigenvalue weighted by molar-refractivity contribution is 9.10. The molecule has 286 valence electrons. The van der Waals surface area contributed by atoms with Gasteiger partial charge in [0.15, 0.2) is 0 Å². The van der Waals surface area contributed by atoms with E-state index in [0.717, 1.165) is 55.9 Å². The Labute approximate surface area is 360 Å². The van der Waals surface area contributed by atoms with E-state index in [2.05, 4.69) is 218 Å². The first-order valence-electron chi connectivity index (χ1n) is 19.3. The van der Waals surface area contributed by atoms with Crippen LogP contribution in [0.25, 0.3) is 22.3 Å². The highest BCUT2D eigenvalue weighted by Gasteiger charge is 2.40. The lowest BCUT2D eigenvalue weighted by molar-refractivity contribution is 0.481. The molecule has 1 N–H and O–H groups in total. The van der Waals surface area contributed by atoms with Crippen LogP contribution < -0.4 is 10.1 Å². The van der Waals surface area contributed by atoms with Gasteiger partial charge in [0.1, 0.15) is 11.5 Å². The predicted molar refractivity (Wildman–Crippen MR) is 248 cm³/mol. The fourth-order valence-electron chi connectivity index (χ4n) is 7.72. The van der Waals surface area contributed by atoms with Gasteiger partial charge in [-0.25, -0.2) is 0 Å². The molecular weight excluding hydrogens is 817 g/mol. The van der Waals surface area contributed by atoms with Gasteiger partial charge in [-0.1, -0.05) is 177 Å². The molecule has 0 radical (unpaired) electrons. The summed E-state index contributed by atoms with van der Waals surface area (Å²) in [6.45, 7) is 6.72. The number of halogens is 3. The van der Waals surface area contributed by atoms with Crippen molar-refractivity contribution in [1.29, 1.82) is 0 Å². The number of anilines is 2. The van der Waals surface area contributed by atoms with Crippen LogP contribution in [0.5, 0.6) is 11.5 Å². The molecule has 0 aliphatic heterocycles. The minimum absolute atomic E-state index is 0.0509. The van der Waals surface area contributed by atoms with Crippen molar-refractivity contribution in [3.63, 3.8) is 0 Å². The van der Waals surface area contributed by atoms with Crippen LogP contribution >= 0.6 is 39.1 Å². The van der Waals surface area contributed by atoms with Crippen LogP contribution in [0.2, 0.25) is 10.0 Å². The van der Waals surface area contributed by atoms with Crippen LogP contribution in [0.1, 0.15) is 48.6 Å². The lowest BCUT2D eigenvalue weighted by Gasteiger charge is -2.38. The molecule has 58 heavy (non-hydrogen) atoms. The largest absolute Gasteiger partial charge is 0.456 e. The van der Waals surface area contributed by atoms with Gasteiger partial charge in [0.25, 0.3) is 0 Å². The first-order chi connectivity index (χ1) is 28.1. The number of nitrogens with one attached hydrogen (secondary N) is 1. The van der Waals surface area contributed by atoms with E-state index < -0.39 is 5.41 Å². The Hall–Kier alpha value is -5.58. The summed E-state index contributed by atoms with van der Waals surface area (Å²) < 4.78 is 7.40. The van der Waals surface area contributed by atoms with Crippen LogP contribution in [0.3, 0.4) is 0 Å². The van der Waals surface area contributed by atoms with E-state index in [4.69, 9.17) is 27.9 Å². The van der Waals surface area contributed by atoms with Gasteiger partial charge in [-0.05, 0) is 126 Å². The van der Waals surface area contributed by atoms with Gasteiger partial charge in [-0.2, -0.15) is 0 Å². The van der Waals surface area contributed by atoms with E-state index in [1.165, 1.54) is 5.56 Å². The molecule has 0 unspecified atom stereocenters. The van der Waals surface area contributed by atoms with E-state index >= 15 is 0 Å². The van der Waals surface area contributed by atoms with Crippen LogP contribution in [0.15, 0.2) is 199 Å². The van der Waals surface area contributed by atoms with Crippen molar-refractivity contribution in [2.75, 3.05) is 5.32 Å². The third kappa shape index (κ3) is 8.22. The van der Waals surface area contributed by atoms with Gasteiger partial charge < -0.3 is 10.1 Å². The second kappa shape index (κ2) is 16.7. The Morgan fingerprint density at radius 3 is 1.48 bits per heavy atom. The second-order valence-electron chi connectivity index (χ2n) is 15.5. The van der Waals surface area contributed by atoms with Crippen molar-refractivity contribution in [2.24, 2.45) is 0 Å². The summed E-state index contributed by atoms with van der Waals surface area (Å²) >= 11 is 17.0. The lowest BCUT2D eigenvalue weighted by Crippen LogP contribution is -2.31. The quantitative estimate of drug-likeness (QED) is 0.109. The van der Waals surface area contributed by atoms with E-state index in [0.29, 0.717) is 26.0 Å². The maximum Gasteiger partial charge on any atom is 0.148 e. The number of rotatable bonds is 10. The average Bonchev–Trinajstić information content (AvgIpc) is 3.24. The summed E-state index contributed by atoms with van der Waals surface area (Å²) in [7, 11) is 0. The summed E-state index contributed by atoms with van der Waals surface area (Å²) in [5, 5.41) is 4.75.